The number of aryl methyl sites for hydroxylation is 13. The first-order valence-electron chi connectivity index (χ1n) is 44.2. The molecule has 0 saturated heterocycles. The first-order chi connectivity index (χ1) is 54.7. The number of thioether (sulfide) groups is 1. The third kappa shape index (κ3) is 53.3. The Kier molecular flexibility index (Phi) is 111. The Morgan fingerprint density at radius 1 is 0.309 bits per heavy atom. The number of nitrogens with one attached hydrogen (secondary N) is 2. The van der Waals surface area contributed by atoms with Crippen molar-refractivity contribution in [1.29, 1.82) is 0 Å². The number of thiophene rings is 2. The lowest BCUT2D eigenvalue weighted by Gasteiger charge is -1.82. The zero-order chi connectivity index (χ0) is 86.0. The summed E-state index contributed by atoms with van der Waals surface area (Å²) in [4.78, 5) is 26.1. The van der Waals surface area contributed by atoms with Gasteiger partial charge in [0, 0.05) is 62.4 Å². The maximum Gasteiger partial charge on any atom is 0.181 e. The number of hydrogen-bond donors (Lipinski definition) is 2. The van der Waals surface area contributed by atoms with E-state index in [4.69, 9.17) is 13.3 Å². The number of benzene rings is 2. The highest BCUT2D eigenvalue weighted by Gasteiger charge is 2.16. The van der Waals surface area contributed by atoms with Gasteiger partial charge in [0.15, 0.2) is 6.39 Å². The van der Waals surface area contributed by atoms with Gasteiger partial charge in [0.25, 0.3) is 0 Å². The summed E-state index contributed by atoms with van der Waals surface area (Å²) in [7, 11) is 0. The molecule has 0 radical (unpaired) electrons. The van der Waals surface area contributed by atoms with Crippen LogP contribution >= 0.6 is 57.1 Å². The van der Waals surface area contributed by atoms with Crippen LogP contribution in [0.15, 0.2) is 150 Å². The molecular formula is C96H172N6O3S5. The molecule has 14 heteroatoms. The van der Waals surface area contributed by atoms with Crippen LogP contribution in [0.3, 0.4) is 0 Å². The van der Waals surface area contributed by atoms with E-state index >= 15 is 0 Å². The van der Waals surface area contributed by atoms with Crippen molar-refractivity contribution in [3.63, 3.8) is 0 Å². The number of H-pyrrole nitrogens is 2. The number of nitrogens with zero attached hydrogens (tertiary/aromatic N) is 4. The van der Waals surface area contributed by atoms with Crippen LogP contribution in [0, 0.1) is 0 Å². The summed E-state index contributed by atoms with van der Waals surface area (Å²) in [5.74, 6) is 3.56. The van der Waals surface area contributed by atoms with E-state index in [9.17, 15) is 0 Å². The topological polar surface area (TPSA) is 123 Å². The summed E-state index contributed by atoms with van der Waals surface area (Å²) in [5.41, 5.74) is 17.3. The van der Waals surface area contributed by atoms with Gasteiger partial charge in [0.05, 0.1) is 56.9 Å². The zero-order valence-corrected chi connectivity index (χ0v) is 82.0. The van der Waals surface area contributed by atoms with E-state index in [0.29, 0.717) is 0 Å². The van der Waals surface area contributed by atoms with E-state index in [1.54, 1.807) is 63.3 Å². The van der Waals surface area contributed by atoms with Crippen LogP contribution < -0.4 is 0 Å². The van der Waals surface area contributed by atoms with Gasteiger partial charge < -0.3 is 23.2 Å². The van der Waals surface area contributed by atoms with Gasteiger partial charge in [-0.1, -0.05) is 286 Å². The molecule has 634 valence electrons. The number of hydrogen-bond acceptors (Lipinski definition) is 12. The van der Waals surface area contributed by atoms with E-state index in [1.165, 1.54) is 185 Å². The second-order valence-corrected chi connectivity index (χ2v) is 23.8. The van der Waals surface area contributed by atoms with E-state index in [-0.39, 0.29) is 0 Å². The Hall–Kier alpha value is -5.77. The molecule has 110 heavy (non-hydrogen) atoms. The van der Waals surface area contributed by atoms with Crippen molar-refractivity contribution in [1.82, 2.24) is 29.9 Å². The maximum absolute atomic E-state index is 5.18. The van der Waals surface area contributed by atoms with Crippen molar-refractivity contribution in [3.05, 3.63) is 204 Å². The molecule has 2 N–H and O–H groups in total. The monoisotopic (exact) mass is 1620 g/mol. The number of fused-ring (bicyclic) bond motifs is 9. The van der Waals surface area contributed by atoms with Crippen LogP contribution in [0.2, 0.25) is 0 Å². The van der Waals surface area contributed by atoms with Gasteiger partial charge in [0.2, 0.25) is 0 Å². The summed E-state index contributed by atoms with van der Waals surface area (Å²) < 4.78 is 18.2. The molecule has 9 aromatic heterocycles. The Morgan fingerprint density at radius 3 is 1.38 bits per heavy atom. The van der Waals surface area contributed by atoms with Crippen molar-refractivity contribution in [2.24, 2.45) is 0 Å². The molecule has 1 aliphatic heterocycles. The second kappa shape index (κ2) is 99.3. The lowest BCUT2D eigenvalue weighted by Crippen LogP contribution is -1.77. The minimum absolute atomic E-state index is 0.956. The highest BCUT2D eigenvalue weighted by Crippen LogP contribution is 2.33. The molecule has 0 unspecified atom stereocenters. The molecular weight excluding hydrogens is 1450 g/mol. The number of aromatic nitrogens is 6. The fourth-order valence-corrected chi connectivity index (χ4v) is 14.6. The average Bonchev–Trinajstić information content (AvgIpc) is 1.73. The number of imidazole rings is 1. The molecule has 6 aliphatic carbocycles. The highest BCUT2D eigenvalue weighted by atomic mass is 32.2. The quantitative estimate of drug-likeness (QED) is 0.154. The lowest BCUT2D eigenvalue weighted by atomic mass is 10.3. The van der Waals surface area contributed by atoms with Gasteiger partial charge in [-0.3, -0.25) is 0 Å². The molecule has 11 aromatic rings. The third-order valence-electron chi connectivity index (χ3n) is 13.8. The number of rotatable bonds is 0. The van der Waals surface area contributed by atoms with Crippen LogP contribution in [0.4, 0.5) is 0 Å². The van der Waals surface area contributed by atoms with E-state index in [2.05, 4.69) is 89.2 Å². The predicted molar refractivity (Wildman–Crippen MR) is 512 cm³/mol. The Labute approximate surface area is 701 Å². The van der Waals surface area contributed by atoms with Gasteiger partial charge in [-0.15, -0.1) is 57.1 Å². The largest absolute Gasteiger partial charge is 0.469 e. The van der Waals surface area contributed by atoms with Crippen molar-refractivity contribution in [2.45, 2.75) is 375 Å². The normalized spacial score (nSPS) is 11.1. The van der Waals surface area contributed by atoms with Gasteiger partial charge in [0.1, 0.15) is 17.1 Å². The minimum Gasteiger partial charge on any atom is -0.469 e. The Bertz CT molecular complexity index is 2680. The summed E-state index contributed by atoms with van der Waals surface area (Å²) in [6, 6.07) is 26.9. The Morgan fingerprint density at radius 2 is 0.800 bits per heavy atom. The standard InChI is InChI=1S/C8H6O.C8H6S.C7H9N.C7H8O.C7H8S.C6H8N2.C6H7NO.C6H7NS.C5H5NS2.18C2H6/c2*1-2-4-8-7(3-1)5-6-9-8;3*1-2-6-4-5-8-7(6)3-1;3*1-2-5-6(3-1)8-4-7-5;1-2-7-5-4(1)6-3-8-5;18*1-2/h2*1-6H;4-5,8H,1-3H2;2*4-5H,1-3H2;4H,1-3H2,(H,7,8);2*4H,1-3H2;3H,1-2H2;18*1-2H3. The van der Waals surface area contributed by atoms with Crippen LogP contribution in [-0.2, 0) is 83.5 Å². The second-order valence-electron chi connectivity index (χ2n) is 18.7. The first-order valence-corrected chi connectivity index (χ1v) is 48.7. The van der Waals surface area contributed by atoms with Gasteiger partial charge in [-0.05, 0) is 178 Å². The van der Waals surface area contributed by atoms with Crippen molar-refractivity contribution >= 4 is 78.2 Å². The molecule has 0 fully saturated rings. The number of aromatic amines is 2. The van der Waals surface area contributed by atoms with Crippen molar-refractivity contribution < 1.29 is 13.3 Å². The summed E-state index contributed by atoms with van der Waals surface area (Å²) >= 11 is 9.19. The fourth-order valence-electron chi connectivity index (χ4n) is 9.90. The van der Waals surface area contributed by atoms with Crippen LogP contribution in [0.1, 0.15) is 360 Å². The molecule has 0 bridgehead atoms. The smallest absolute Gasteiger partial charge is 0.181 e. The molecule has 18 rings (SSSR count). The van der Waals surface area contributed by atoms with Gasteiger partial charge in [-0.25, -0.2) is 19.9 Å². The number of para-hydroxylation sites is 1. The molecule has 2 aromatic carbocycles. The summed E-state index contributed by atoms with van der Waals surface area (Å²) in [5, 5.41) is 6.83. The van der Waals surface area contributed by atoms with Gasteiger partial charge in [-0.2, -0.15) is 0 Å². The van der Waals surface area contributed by atoms with Crippen LogP contribution in [0.25, 0.3) is 21.1 Å². The molecule has 9 nitrogen and oxygen atoms in total. The molecule has 0 saturated carbocycles. The zero-order valence-electron chi connectivity index (χ0n) is 77.9. The molecule has 0 amide bonds. The SMILES string of the molecule is CC.CC.CC.CC.CC.CC.CC.CC.CC.CC.CC.CC.CC.CC.CC.CC.CC.CC.c1cc2c([nH]1)CCC2.c1cc2c(o1)CCC2.c1cc2c(s1)CCC2.c1ccc2occc2c1.c1ccc2sccc2c1.c1nc2c([nH]1)CCC2.c1nc2c(o1)CCC2.c1nc2c(s1)CCC2.c1nc2c(s1)SCC2. The molecule has 7 aliphatic rings. The number of thiazole rings is 2. The molecule has 10 heterocycles. The van der Waals surface area contributed by atoms with Crippen LogP contribution in [-0.4, -0.2) is 35.7 Å². The van der Waals surface area contributed by atoms with Crippen molar-refractivity contribution in [2.75, 3.05) is 5.75 Å². The Balaban J connectivity index is -0.000000142. The van der Waals surface area contributed by atoms with E-state index in [1.807, 2.05) is 320 Å². The number of oxazole rings is 1. The van der Waals surface area contributed by atoms with Crippen LogP contribution in [0.5, 0.6) is 0 Å². The predicted octanol–water partition coefficient (Wildman–Crippen LogP) is 34.8. The summed E-state index contributed by atoms with van der Waals surface area (Å²) in [6.07, 6.45) is 32.6. The van der Waals surface area contributed by atoms with E-state index < -0.39 is 0 Å². The first kappa shape index (κ1) is 122. The summed E-state index contributed by atoms with van der Waals surface area (Å²) in [6.45, 7) is 72.0. The average molecular weight is 1620 g/mol. The minimum atomic E-state index is 0.956. The highest BCUT2D eigenvalue weighted by molar-refractivity contribution is 8.01. The number of furan rings is 2. The van der Waals surface area contributed by atoms with Gasteiger partial charge >= 0.3 is 0 Å². The molecule has 0 spiro atoms. The van der Waals surface area contributed by atoms with Crippen molar-refractivity contribution in [3.8, 4) is 0 Å². The van der Waals surface area contributed by atoms with E-state index in [0.717, 1.165) is 36.0 Å². The lowest BCUT2D eigenvalue weighted by molar-refractivity contribution is 0.508. The fraction of sp³-hybridized carbons (Fsp3) is 0.583. The third-order valence-corrected chi connectivity index (χ3v) is 18.9. The molecule has 0 atom stereocenters. The maximum atomic E-state index is 5.18.